The number of carboxylic acids is 1. The molecular formula is C24H28N2O2. The molecule has 1 aliphatic heterocycles. The van der Waals surface area contributed by atoms with Crippen LogP contribution < -0.4 is 0 Å². The SMILES string of the molecule is CCC1=C(C)/C(=C(\c2ccc(C(=O)O)cc2)c2[nH]c(C)c(CC)c2C)N=C1C. The van der Waals surface area contributed by atoms with Crippen molar-refractivity contribution in [2.24, 2.45) is 4.99 Å². The van der Waals surface area contributed by atoms with E-state index in [1.807, 2.05) is 12.1 Å². The minimum atomic E-state index is -0.917. The van der Waals surface area contributed by atoms with Crippen LogP contribution >= 0.6 is 0 Å². The molecule has 0 aliphatic carbocycles. The predicted octanol–water partition coefficient (Wildman–Crippen LogP) is 5.85. The first-order valence-corrected chi connectivity index (χ1v) is 9.82. The van der Waals surface area contributed by atoms with Crippen molar-refractivity contribution in [1.29, 1.82) is 0 Å². The molecule has 0 spiro atoms. The largest absolute Gasteiger partial charge is 0.478 e. The average molecular weight is 377 g/mol. The number of carboxylic acid groups (broad SMARTS) is 1. The van der Waals surface area contributed by atoms with Crippen molar-refractivity contribution in [3.63, 3.8) is 0 Å². The van der Waals surface area contributed by atoms with Gasteiger partial charge in [0.1, 0.15) is 0 Å². The van der Waals surface area contributed by atoms with Gasteiger partial charge in [-0.1, -0.05) is 26.0 Å². The minimum Gasteiger partial charge on any atom is -0.478 e. The molecule has 0 bridgehead atoms. The van der Waals surface area contributed by atoms with Crippen molar-refractivity contribution < 1.29 is 9.90 Å². The van der Waals surface area contributed by atoms with Gasteiger partial charge in [0.25, 0.3) is 0 Å². The second-order valence-corrected chi connectivity index (χ2v) is 7.34. The molecule has 0 atom stereocenters. The molecule has 3 rings (SSSR count). The molecule has 4 heteroatoms. The third-order valence-corrected chi connectivity index (χ3v) is 5.73. The van der Waals surface area contributed by atoms with E-state index in [0.29, 0.717) is 0 Å². The van der Waals surface area contributed by atoms with Crippen molar-refractivity contribution in [1.82, 2.24) is 4.98 Å². The number of rotatable bonds is 5. The van der Waals surface area contributed by atoms with E-state index in [4.69, 9.17) is 4.99 Å². The normalized spacial score (nSPS) is 15.9. The summed E-state index contributed by atoms with van der Waals surface area (Å²) in [6, 6.07) is 7.09. The second kappa shape index (κ2) is 7.63. The fourth-order valence-electron chi connectivity index (χ4n) is 4.25. The van der Waals surface area contributed by atoms with Gasteiger partial charge in [0.2, 0.25) is 0 Å². The number of hydrogen-bond acceptors (Lipinski definition) is 2. The van der Waals surface area contributed by atoms with Crippen LogP contribution in [-0.2, 0) is 6.42 Å². The molecule has 0 saturated carbocycles. The van der Waals surface area contributed by atoms with E-state index >= 15 is 0 Å². The number of aromatic nitrogens is 1. The van der Waals surface area contributed by atoms with Crippen LogP contribution in [0.4, 0.5) is 0 Å². The summed E-state index contributed by atoms with van der Waals surface area (Å²) in [5.74, 6) is -0.917. The summed E-state index contributed by atoms with van der Waals surface area (Å²) >= 11 is 0. The lowest BCUT2D eigenvalue weighted by atomic mass is 9.93. The molecule has 4 nitrogen and oxygen atoms in total. The van der Waals surface area contributed by atoms with E-state index in [1.54, 1.807) is 12.1 Å². The van der Waals surface area contributed by atoms with Crippen LogP contribution in [0.25, 0.3) is 5.57 Å². The van der Waals surface area contributed by atoms with E-state index in [2.05, 4.69) is 46.5 Å². The molecule has 1 aromatic heterocycles. The van der Waals surface area contributed by atoms with Gasteiger partial charge >= 0.3 is 5.97 Å². The van der Waals surface area contributed by atoms with E-state index in [-0.39, 0.29) is 5.56 Å². The zero-order valence-corrected chi connectivity index (χ0v) is 17.5. The van der Waals surface area contributed by atoms with Gasteiger partial charge in [-0.15, -0.1) is 0 Å². The number of aromatic carboxylic acids is 1. The smallest absolute Gasteiger partial charge is 0.335 e. The zero-order chi connectivity index (χ0) is 20.6. The maximum atomic E-state index is 11.3. The summed E-state index contributed by atoms with van der Waals surface area (Å²) in [5.41, 5.74) is 11.6. The summed E-state index contributed by atoms with van der Waals surface area (Å²) in [4.78, 5) is 19.8. The Morgan fingerprint density at radius 1 is 1.00 bits per heavy atom. The van der Waals surface area contributed by atoms with Crippen LogP contribution in [0.2, 0.25) is 0 Å². The summed E-state index contributed by atoms with van der Waals surface area (Å²) in [6.45, 7) is 12.8. The highest BCUT2D eigenvalue weighted by atomic mass is 16.4. The quantitative estimate of drug-likeness (QED) is 0.687. The Kier molecular flexibility index (Phi) is 5.41. The fourth-order valence-corrected chi connectivity index (χ4v) is 4.25. The molecule has 146 valence electrons. The molecule has 2 aromatic rings. The monoisotopic (exact) mass is 376 g/mol. The number of aryl methyl sites for hydroxylation is 1. The minimum absolute atomic E-state index is 0.286. The summed E-state index contributed by atoms with van der Waals surface area (Å²) in [6.07, 6.45) is 1.91. The molecule has 28 heavy (non-hydrogen) atoms. The molecular weight excluding hydrogens is 348 g/mol. The molecule has 0 fully saturated rings. The highest BCUT2D eigenvalue weighted by molar-refractivity contribution is 6.05. The highest BCUT2D eigenvalue weighted by Gasteiger charge is 2.24. The number of benzene rings is 1. The highest BCUT2D eigenvalue weighted by Crippen LogP contribution is 2.38. The Labute approximate surface area is 166 Å². The first kappa shape index (κ1) is 19.9. The van der Waals surface area contributed by atoms with Gasteiger partial charge in [-0.3, -0.25) is 4.99 Å². The van der Waals surface area contributed by atoms with Gasteiger partial charge in [-0.2, -0.15) is 0 Å². The van der Waals surface area contributed by atoms with Gasteiger partial charge in [-0.05, 0) is 80.5 Å². The molecule has 1 aliphatic rings. The van der Waals surface area contributed by atoms with Crippen molar-refractivity contribution in [3.05, 3.63) is 74.8 Å². The van der Waals surface area contributed by atoms with Crippen LogP contribution in [0.1, 0.15) is 72.6 Å². The van der Waals surface area contributed by atoms with Gasteiger partial charge in [0.15, 0.2) is 0 Å². The molecule has 0 radical (unpaired) electrons. The van der Waals surface area contributed by atoms with Crippen LogP contribution in [-0.4, -0.2) is 21.8 Å². The van der Waals surface area contributed by atoms with Crippen LogP contribution in [0.15, 0.2) is 46.1 Å². The molecule has 2 heterocycles. The van der Waals surface area contributed by atoms with Gasteiger partial charge < -0.3 is 10.1 Å². The number of H-pyrrole nitrogens is 1. The lowest BCUT2D eigenvalue weighted by Gasteiger charge is -2.13. The Morgan fingerprint density at radius 3 is 2.07 bits per heavy atom. The lowest BCUT2D eigenvalue weighted by Crippen LogP contribution is -1.99. The van der Waals surface area contributed by atoms with Crippen molar-refractivity contribution in [2.45, 2.75) is 54.4 Å². The topological polar surface area (TPSA) is 65.4 Å². The van der Waals surface area contributed by atoms with Crippen LogP contribution in [0.5, 0.6) is 0 Å². The van der Waals surface area contributed by atoms with Gasteiger partial charge in [0, 0.05) is 17.0 Å². The Hall–Kier alpha value is -2.88. The number of carbonyl (C=O) groups is 1. The number of nitrogens with zero attached hydrogens (tertiary/aromatic N) is 1. The zero-order valence-electron chi connectivity index (χ0n) is 17.5. The maximum Gasteiger partial charge on any atom is 0.335 e. The fraction of sp³-hybridized carbons (Fsp3) is 0.333. The number of aromatic amines is 1. The lowest BCUT2D eigenvalue weighted by molar-refractivity contribution is 0.0697. The van der Waals surface area contributed by atoms with Crippen molar-refractivity contribution in [3.8, 4) is 0 Å². The van der Waals surface area contributed by atoms with Crippen LogP contribution in [0, 0.1) is 13.8 Å². The van der Waals surface area contributed by atoms with Crippen molar-refractivity contribution in [2.75, 3.05) is 0 Å². The number of allylic oxidation sites excluding steroid dienone is 2. The molecule has 1 aromatic carbocycles. The third-order valence-electron chi connectivity index (χ3n) is 5.73. The summed E-state index contributed by atoms with van der Waals surface area (Å²) in [5, 5.41) is 9.25. The van der Waals surface area contributed by atoms with Gasteiger partial charge in [-0.25, -0.2) is 4.79 Å². The number of aliphatic imine (C=N–C) groups is 1. The summed E-state index contributed by atoms with van der Waals surface area (Å²) < 4.78 is 0. The molecule has 0 unspecified atom stereocenters. The van der Waals surface area contributed by atoms with E-state index in [1.165, 1.54) is 28.0 Å². The standard InChI is InChI=1S/C24H28N2O2/c1-7-19-13(3)22(25-15(19)5)21(17-9-11-18(12-10-17)24(27)28)23-14(4)20(8-2)16(6)26-23/h9-12,25H,7-8H2,1-6H3,(H,27,28)/b23-21-. The molecule has 0 saturated heterocycles. The Bertz CT molecular complexity index is 1030. The van der Waals surface area contributed by atoms with E-state index < -0.39 is 5.97 Å². The Morgan fingerprint density at radius 2 is 1.61 bits per heavy atom. The average Bonchev–Trinajstić information content (AvgIpc) is 3.11. The summed E-state index contributed by atoms with van der Waals surface area (Å²) in [7, 11) is 0. The van der Waals surface area contributed by atoms with Crippen LogP contribution in [0.3, 0.4) is 0 Å². The first-order valence-electron chi connectivity index (χ1n) is 9.82. The van der Waals surface area contributed by atoms with Crippen molar-refractivity contribution >= 4 is 17.3 Å². The third kappa shape index (κ3) is 3.24. The maximum absolute atomic E-state index is 11.3. The van der Waals surface area contributed by atoms with E-state index in [0.717, 1.165) is 41.1 Å². The number of hydrogen-bond donors (Lipinski definition) is 2. The van der Waals surface area contributed by atoms with E-state index in [9.17, 15) is 9.90 Å². The molecule has 2 N–H and O–H groups in total. The Balaban J connectivity index is 2.32. The van der Waals surface area contributed by atoms with Gasteiger partial charge in [0.05, 0.1) is 17.0 Å². The predicted molar refractivity (Wildman–Crippen MR) is 115 cm³/mol. The molecule has 0 amide bonds. The second-order valence-electron chi connectivity index (χ2n) is 7.34. The number of nitrogens with one attached hydrogen (secondary N) is 1. The first-order chi connectivity index (χ1) is 13.3.